The van der Waals surface area contributed by atoms with Crippen LogP contribution >= 0.6 is 54.5 Å². The van der Waals surface area contributed by atoms with Crippen molar-refractivity contribution in [1.29, 1.82) is 0 Å². The minimum absolute atomic E-state index is 0.0107. The second kappa shape index (κ2) is 26.5. The van der Waals surface area contributed by atoms with Gasteiger partial charge in [0.1, 0.15) is 0 Å². The fourth-order valence-electron chi connectivity index (χ4n) is 3.26. The van der Waals surface area contributed by atoms with Gasteiger partial charge in [0.25, 0.3) is 0 Å². The molecule has 4 heterocycles. The summed E-state index contributed by atoms with van der Waals surface area (Å²) >= 11 is 8.69. The quantitative estimate of drug-likeness (QED) is 0.140. The van der Waals surface area contributed by atoms with Gasteiger partial charge in [-0.05, 0) is 114 Å². The molecule has 16 heteroatoms. The number of ether oxygens (including phenoxy) is 1. The Balaban J connectivity index is 0.000000610. The van der Waals surface area contributed by atoms with Crippen LogP contribution in [0.2, 0.25) is 0 Å². The number of carbonyl (C=O) groups is 2. The topological polar surface area (TPSA) is 170 Å². The number of rotatable bonds is 10. The number of hydrogen-bond acceptors (Lipinski definition) is 14. The average molecular weight is 805 g/mol. The predicted octanol–water partition coefficient (Wildman–Crippen LogP) is 6.10. The summed E-state index contributed by atoms with van der Waals surface area (Å²) in [5, 5.41) is 22.5. The van der Waals surface area contributed by atoms with Crippen molar-refractivity contribution in [2.75, 3.05) is 33.4 Å². The van der Waals surface area contributed by atoms with E-state index >= 15 is 0 Å². The van der Waals surface area contributed by atoms with Crippen LogP contribution in [0.1, 0.15) is 76.2 Å². The van der Waals surface area contributed by atoms with Crippen molar-refractivity contribution in [2.24, 2.45) is 5.73 Å². The van der Waals surface area contributed by atoms with Crippen LogP contribution in [0, 0.1) is 13.8 Å². The zero-order chi connectivity index (χ0) is 34.9. The molecule has 0 unspecified atom stereocenters. The minimum atomic E-state index is -0.421. The smallest absolute Gasteiger partial charge is 0.369 e. The molecule has 0 saturated heterocycles. The van der Waals surface area contributed by atoms with E-state index in [4.69, 9.17) is 10.8 Å². The normalized spacial score (nSPS) is 9.74. The number of aryl methyl sites for hydroxylation is 3. The molecule has 4 aromatic heterocycles. The maximum atomic E-state index is 11.8. The minimum Gasteiger partial charge on any atom is -0.461 e. The molecule has 4 aromatic rings. The second-order valence-electron chi connectivity index (χ2n) is 8.84. The molecule has 254 valence electrons. The van der Waals surface area contributed by atoms with Crippen molar-refractivity contribution in [3.63, 3.8) is 0 Å². The van der Waals surface area contributed by atoms with E-state index in [0.29, 0.717) is 38.8 Å². The lowest BCUT2D eigenvalue weighted by molar-refractivity contribution is 0.0524. The third-order valence-electron chi connectivity index (χ3n) is 5.59. The Morgan fingerprint density at radius 2 is 1.30 bits per heavy atom. The van der Waals surface area contributed by atoms with Gasteiger partial charge in [-0.25, -0.2) is 4.79 Å². The number of halogens is 2. The third kappa shape index (κ3) is 19.2. The number of esters is 1. The molecule has 0 aliphatic rings. The molecule has 0 bridgehead atoms. The fourth-order valence-corrected chi connectivity index (χ4v) is 5.35. The molecule has 0 atom stereocenters. The molecule has 46 heavy (non-hydrogen) atoms. The summed E-state index contributed by atoms with van der Waals surface area (Å²) in [4.78, 5) is 33.3. The first-order valence-electron chi connectivity index (χ1n) is 14.4. The number of aliphatic hydroxyl groups excluding tert-OH is 1. The van der Waals surface area contributed by atoms with Gasteiger partial charge in [0.15, 0.2) is 18.6 Å². The first kappa shape index (κ1) is 43.4. The van der Waals surface area contributed by atoms with Gasteiger partial charge in [-0.1, -0.05) is 43.4 Å². The van der Waals surface area contributed by atoms with Crippen molar-refractivity contribution in [3.8, 4) is 0 Å². The number of aliphatic hydroxyl groups is 1. The van der Waals surface area contributed by atoms with Crippen molar-refractivity contribution < 1.29 is 19.4 Å². The number of hydrogen-bond donors (Lipinski definition) is 2. The Kier molecular flexibility index (Phi) is 25.0. The van der Waals surface area contributed by atoms with E-state index in [1.54, 1.807) is 19.3 Å². The summed E-state index contributed by atoms with van der Waals surface area (Å²) < 4.78 is 5.91. The lowest BCUT2D eigenvalue weighted by atomic mass is 10.1. The van der Waals surface area contributed by atoms with Crippen LogP contribution < -0.4 is 5.73 Å². The summed E-state index contributed by atoms with van der Waals surface area (Å²) in [6.45, 7) is 16.8. The van der Waals surface area contributed by atoms with Crippen LogP contribution in [-0.2, 0) is 17.7 Å². The van der Waals surface area contributed by atoms with E-state index in [1.807, 2.05) is 38.1 Å². The molecular formula is C30H44Br2N8O4S2. The van der Waals surface area contributed by atoms with Crippen LogP contribution in [0.4, 0.5) is 0 Å². The van der Waals surface area contributed by atoms with E-state index < -0.39 is 5.97 Å². The Hall–Kier alpha value is -2.60. The van der Waals surface area contributed by atoms with Crippen molar-refractivity contribution >= 4 is 66.3 Å². The highest BCUT2D eigenvalue weighted by atomic mass is 79.9. The van der Waals surface area contributed by atoms with Gasteiger partial charge in [-0.2, -0.15) is 0 Å². The van der Waals surface area contributed by atoms with Crippen LogP contribution in [0.25, 0.3) is 0 Å². The molecule has 0 aliphatic heterocycles. The molecule has 0 radical (unpaired) electrons. The van der Waals surface area contributed by atoms with E-state index in [2.05, 4.69) is 92.6 Å². The fraction of sp³-hybridized carbons (Fsp3) is 0.467. The van der Waals surface area contributed by atoms with Gasteiger partial charge in [-0.15, -0.1) is 20.4 Å². The Labute approximate surface area is 296 Å². The number of ketones is 1. The predicted molar refractivity (Wildman–Crippen MR) is 191 cm³/mol. The molecule has 0 aliphatic carbocycles. The number of Topliss-reactive ketones (excluding diaryl/α,β-unsaturated/α-hetero) is 1. The van der Waals surface area contributed by atoms with Gasteiger partial charge in [0.2, 0.25) is 5.01 Å². The number of pyridine rings is 2. The molecule has 4 rings (SSSR count). The molecule has 0 aromatic carbocycles. The first-order valence-corrected chi connectivity index (χ1v) is 17.7. The summed E-state index contributed by atoms with van der Waals surface area (Å²) in [7, 11) is 1.00. The molecule has 0 fully saturated rings. The maximum Gasteiger partial charge on any atom is 0.369 e. The summed E-state index contributed by atoms with van der Waals surface area (Å²) in [5.41, 5.74) is 9.61. The van der Waals surface area contributed by atoms with Crippen LogP contribution in [-0.4, -0.2) is 85.5 Å². The van der Waals surface area contributed by atoms with Crippen LogP contribution in [0.5, 0.6) is 0 Å². The van der Waals surface area contributed by atoms with Gasteiger partial charge < -0.3 is 20.5 Å². The SMILES string of the molecule is CCN(CC)CC.CCOC(=O)c1nnc(Br)s1.CO.Cc1ccnc(CCC(=O)c2nnc(Br)s2)c1.Cc1ccnc(CN)c1. The molecular weight excluding hydrogens is 760 g/mol. The first-order chi connectivity index (χ1) is 22.1. The van der Waals surface area contributed by atoms with Gasteiger partial charge in [0.05, 0.1) is 12.3 Å². The maximum absolute atomic E-state index is 11.8. The average Bonchev–Trinajstić information content (AvgIpc) is 3.71. The standard InChI is InChI=1S/C11H10BrN3OS.C7H10N2.C6H15N.C5H5BrN2O2S.CH4O/c1-7-4-5-13-8(6-7)2-3-9(16)10-14-15-11(12)17-10;1-6-2-3-9-7(4-6)5-8;1-4-7(5-2)6-3;1-2-10-4(9)3-7-8-5(6)11-3;1-2/h4-6H,2-3H2,1H3;2-4H,5,8H2,1H3;4-6H2,1-3H3;2H2,1H3;2H,1H3. The van der Waals surface area contributed by atoms with Crippen molar-refractivity contribution in [2.45, 2.75) is 60.9 Å². The number of aromatic nitrogens is 6. The zero-order valence-electron chi connectivity index (χ0n) is 27.4. The van der Waals surface area contributed by atoms with E-state index in [0.717, 1.165) is 35.4 Å². The second-order valence-corrected chi connectivity index (χ2v) is 13.3. The summed E-state index contributed by atoms with van der Waals surface area (Å²) in [6, 6.07) is 7.87. The highest BCUT2D eigenvalue weighted by Crippen LogP contribution is 2.18. The van der Waals surface area contributed by atoms with Gasteiger partial charge in [0, 0.05) is 38.2 Å². The number of carbonyl (C=O) groups excluding carboxylic acids is 2. The molecule has 0 saturated carbocycles. The van der Waals surface area contributed by atoms with E-state index in [-0.39, 0.29) is 10.8 Å². The largest absolute Gasteiger partial charge is 0.461 e. The summed E-state index contributed by atoms with van der Waals surface area (Å²) in [5.74, 6) is -0.410. The van der Waals surface area contributed by atoms with Crippen molar-refractivity contribution in [1.82, 2.24) is 35.3 Å². The molecule has 3 N–H and O–H groups in total. The number of nitrogens with zero attached hydrogens (tertiary/aromatic N) is 7. The van der Waals surface area contributed by atoms with E-state index in [1.165, 1.54) is 36.5 Å². The zero-order valence-corrected chi connectivity index (χ0v) is 32.2. The van der Waals surface area contributed by atoms with Crippen molar-refractivity contribution in [3.05, 3.63) is 77.0 Å². The Morgan fingerprint density at radius 1 is 0.826 bits per heavy atom. The molecule has 12 nitrogen and oxygen atoms in total. The highest BCUT2D eigenvalue weighted by molar-refractivity contribution is 9.11. The lowest BCUT2D eigenvalue weighted by Gasteiger charge is -2.13. The number of nitrogens with two attached hydrogens (primary N) is 1. The molecule has 0 amide bonds. The van der Waals surface area contributed by atoms with Crippen LogP contribution in [0.15, 0.2) is 44.5 Å². The van der Waals surface area contributed by atoms with Gasteiger partial charge in [-0.3, -0.25) is 14.8 Å². The lowest BCUT2D eigenvalue weighted by Crippen LogP contribution is -2.21. The highest BCUT2D eigenvalue weighted by Gasteiger charge is 2.12. The molecule has 0 spiro atoms. The monoisotopic (exact) mass is 802 g/mol. The van der Waals surface area contributed by atoms with Gasteiger partial charge >= 0.3 is 5.97 Å². The van der Waals surface area contributed by atoms with Crippen LogP contribution in [0.3, 0.4) is 0 Å². The summed E-state index contributed by atoms with van der Waals surface area (Å²) in [6.07, 6.45) is 4.59. The third-order valence-corrected chi connectivity index (χ3v) is 8.33. The Bertz CT molecular complexity index is 1400. The Morgan fingerprint density at radius 3 is 1.67 bits per heavy atom. The van der Waals surface area contributed by atoms with E-state index in [9.17, 15) is 9.59 Å².